The van der Waals surface area contributed by atoms with Crippen molar-refractivity contribution in [2.75, 3.05) is 5.32 Å². The third kappa shape index (κ3) is 2.63. The van der Waals surface area contributed by atoms with Crippen molar-refractivity contribution in [3.8, 4) is 5.75 Å². The number of nitrogens with one attached hydrogen (secondary N) is 1. The van der Waals surface area contributed by atoms with E-state index in [-0.39, 0.29) is 17.1 Å². The lowest BCUT2D eigenvalue weighted by molar-refractivity contribution is 0.0694. The Morgan fingerprint density at radius 3 is 2.81 bits per heavy atom. The maximum atomic E-state index is 13.1. The monoisotopic (exact) mass is 304 g/mol. The predicted molar refractivity (Wildman–Crippen MR) is 77.9 cm³/mol. The van der Waals surface area contributed by atoms with E-state index in [1.807, 2.05) is 0 Å². The molecule has 0 unspecified atom stereocenters. The van der Waals surface area contributed by atoms with Crippen LogP contribution in [0.2, 0.25) is 0 Å². The molecule has 0 saturated carbocycles. The fourth-order valence-corrected chi connectivity index (χ4v) is 2.77. The van der Waals surface area contributed by atoms with Crippen LogP contribution in [0.4, 0.5) is 15.2 Å². The topological polar surface area (TPSA) is 82.5 Å². The molecule has 106 valence electrons. The number of nitrogens with zero attached hydrogens (tertiary/aromatic N) is 1. The fourth-order valence-electron chi connectivity index (χ4n) is 1.86. The summed E-state index contributed by atoms with van der Waals surface area (Å²) in [7, 11) is 0. The van der Waals surface area contributed by atoms with Crippen LogP contribution in [0.3, 0.4) is 0 Å². The zero-order valence-corrected chi connectivity index (χ0v) is 11.3. The normalized spacial score (nSPS) is 10.7. The molecule has 1 heterocycles. The molecule has 3 N–H and O–H groups in total. The number of aromatic nitrogens is 1. The molecule has 1 aromatic heterocycles. The number of rotatable bonds is 3. The van der Waals surface area contributed by atoms with Crippen LogP contribution in [0, 0.1) is 5.82 Å². The minimum absolute atomic E-state index is 0.202. The van der Waals surface area contributed by atoms with Gasteiger partial charge in [0.15, 0.2) is 5.13 Å². The minimum Gasteiger partial charge on any atom is -0.507 e. The second-order valence-electron chi connectivity index (χ2n) is 4.29. The largest absolute Gasteiger partial charge is 0.507 e. The maximum absolute atomic E-state index is 13.1. The third-order valence-corrected chi connectivity index (χ3v) is 3.76. The molecule has 0 radical (unpaired) electrons. The molecule has 3 aromatic rings. The first-order valence-corrected chi connectivity index (χ1v) is 6.74. The van der Waals surface area contributed by atoms with Gasteiger partial charge in [-0.15, -0.1) is 0 Å². The second-order valence-corrected chi connectivity index (χ2v) is 5.32. The summed E-state index contributed by atoms with van der Waals surface area (Å²) in [6.07, 6.45) is 0. The first kappa shape index (κ1) is 13.3. The van der Waals surface area contributed by atoms with Gasteiger partial charge in [-0.1, -0.05) is 11.3 Å². The van der Waals surface area contributed by atoms with E-state index in [0.717, 1.165) is 0 Å². The SMILES string of the molecule is O=C(O)c1cc(Nc2nc3ccc(F)cc3s2)ccc1O. The highest BCUT2D eigenvalue weighted by atomic mass is 32.1. The van der Waals surface area contributed by atoms with Gasteiger partial charge in [0, 0.05) is 5.69 Å². The average molecular weight is 304 g/mol. The Morgan fingerprint density at radius 2 is 2.05 bits per heavy atom. The van der Waals surface area contributed by atoms with E-state index in [0.29, 0.717) is 21.0 Å². The molecular formula is C14H9FN2O3S. The molecule has 0 aliphatic heterocycles. The Balaban J connectivity index is 1.94. The van der Waals surface area contributed by atoms with Gasteiger partial charge in [-0.3, -0.25) is 0 Å². The minimum atomic E-state index is -1.22. The summed E-state index contributed by atoms with van der Waals surface area (Å²) in [5.74, 6) is -1.86. The Hall–Kier alpha value is -2.67. The molecule has 0 atom stereocenters. The Bertz CT molecular complexity index is 847. The number of hydrogen-bond acceptors (Lipinski definition) is 5. The van der Waals surface area contributed by atoms with E-state index in [2.05, 4.69) is 10.3 Å². The second kappa shape index (κ2) is 5.02. The van der Waals surface area contributed by atoms with Crippen molar-refractivity contribution in [1.82, 2.24) is 4.98 Å². The number of carbonyl (C=O) groups is 1. The predicted octanol–water partition coefficient (Wildman–Crippen LogP) is 3.58. The molecule has 2 aromatic carbocycles. The molecule has 5 nitrogen and oxygen atoms in total. The highest BCUT2D eigenvalue weighted by molar-refractivity contribution is 7.22. The smallest absolute Gasteiger partial charge is 0.339 e. The van der Waals surface area contributed by atoms with Gasteiger partial charge in [0.2, 0.25) is 0 Å². The van der Waals surface area contributed by atoms with Gasteiger partial charge < -0.3 is 15.5 Å². The van der Waals surface area contributed by atoms with Crippen molar-refractivity contribution in [2.24, 2.45) is 0 Å². The summed E-state index contributed by atoms with van der Waals surface area (Å²) in [6.45, 7) is 0. The lowest BCUT2D eigenvalue weighted by Gasteiger charge is -2.05. The van der Waals surface area contributed by atoms with Gasteiger partial charge in [0.25, 0.3) is 0 Å². The van der Waals surface area contributed by atoms with Gasteiger partial charge in [-0.05, 0) is 36.4 Å². The van der Waals surface area contributed by atoms with E-state index in [9.17, 15) is 14.3 Å². The Kier molecular flexibility index (Phi) is 3.19. The molecule has 0 bridgehead atoms. The first-order chi connectivity index (χ1) is 10.0. The maximum Gasteiger partial charge on any atom is 0.339 e. The number of carboxylic acids is 1. The van der Waals surface area contributed by atoms with Crippen molar-refractivity contribution >= 4 is 38.3 Å². The van der Waals surface area contributed by atoms with Crippen LogP contribution in [-0.4, -0.2) is 21.2 Å². The van der Waals surface area contributed by atoms with E-state index in [1.165, 1.54) is 41.7 Å². The van der Waals surface area contributed by atoms with Crippen LogP contribution in [0.15, 0.2) is 36.4 Å². The molecule has 0 amide bonds. The van der Waals surface area contributed by atoms with Gasteiger partial charge in [0.1, 0.15) is 17.1 Å². The standard InChI is InChI=1S/C14H9FN2O3S/c15-7-1-3-10-12(5-7)21-14(17-10)16-8-2-4-11(18)9(6-8)13(19)20/h1-6,18H,(H,16,17)(H,19,20). The molecule has 0 saturated heterocycles. The molecule has 21 heavy (non-hydrogen) atoms. The van der Waals surface area contributed by atoms with Crippen LogP contribution < -0.4 is 5.32 Å². The van der Waals surface area contributed by atoms with Crippen molar-refractivity contribution in [3.05, 3.63) is 47.8 Å². The van der Waals surface area contributed by atoms with Crippen molar-refractivity contribution in [2.45, 2.75) is 0 Å². The highest BCUT2D eigenvalue weighted by Crippen LogP contribution is 2.30. The van der Waals surface area contributed by atoms with Crippen molar-refractivity contribution < 1.29 is 19.4 Å². The van der Waals surface area contributed by atoms with Crippen LogP contribution in [0.1, 0.15) is 10.4 Å². The van der Waals surface area contributed by atoms with Crippen LogP contribution in [0.5, 0.6) is 5.75 Å². The quantitative estimate of drug-likeness (QED) is 0.644. The number of halogens is 1. The number of phenols is 1. The van der Waals surface area contributed by atoms with Gasteiger partial charge >= 0.3 is 5.97 Å². The number of aromatic carboxylic acids is 1. The zero-order chi connectivity index (χ0) is 15.0. The molecule has 0 aliphatic carbocycles. The summed E-state index contributed by atoms with van der Waals surface area (Å²) in [5.41, 5.74) is 0.929. The Labute approximate surface area is 122 Å². The molecule has 3 rings (SSSR count). The van der Waals surface area contributed by atoms with Crippen LogP contribution >= 0.6 is 11.3 Å². The fraction of sp³-hybridized carbons (Fsp3) is 0. The number of carboxylic acid groups (broad SMARTS) is 1. The van der Waals surface area contributed by atoms with Gasteiger partial charge in [-0.25, -0.2) is 14.2 Å². The molecular weight excluding hydrogens is 295 g/mol. The average Bonchev–Trinajstić information content (AvgIpc) is 2.82. The molecule has 0 spiro atoms. The number of benzene rings is 2. The van der Waals surface area contributed by atoms with E-state index in [4.69, 9.17) is 5.11 Å². The van der Waals surface area contributed by atoms with Crippen LogP contribution in [-0.2, 0) is 0 Å². The summed E-state index contributed by atoms with van der Waals surface area (Å²) in [5, 5.41) is 21.9. The number of hydrogen-bond donors (Lipinski definition) is 3. The van der Waals surface area contributed by atoms with E-state index in [1.54, 1.807) is 6.07 Å². The summed E-state index contributed by atoms with van der Waals surface area (Å²) in [4.78, 5) is 15.2. The summed E-state index contributed by atoms with van der Waals surface area (Å²) >= 11 is 1.25. The number of thiazole rings is 1. The zero-order valence-electron chi connectivity index (χ0n) is 10.5. The number of aromatic hydroxyl groups is 1. The molecule has 7 heteroatoms. The Morgan fingerprint density at radius 1 is 1.24 bits per heavy atom. The molecule has 0 fully saturated rings. The number of fused-ring (bicyclic) bond motifs is 1. The third-order valence-electron chi connectivity index (χ3n) is 2.83. The highest BCUT2D eigenvalue weighted by Gasteiger charge is 2.11. The molecule has 0 aliphatic rings. The summed E-state index contributed by atoms with van der Waals surface area (Å²) in [6, 6.07) is 8.43. The lowest BCUT2D eigenvalue weighted by Crippen LogP contribution is -1.98. The van der Waals surface area contributed by atoms with Crippen molar-refractivity contribution in [1.29, 1.82) is 0 Å². The number of anilines is 2. The van der Waals surface area contributed by atoms with Crippen molar-refractivity contribution in [3.63, 3.8) is 0 Å². The van der Waals surface area contributed by atoms with Gasteiger partial charge in [0.05, 0.1) is 10.2 Å². The van der Waals surface area contributed by atoms with Gasteiger partial charge in [-0.2, -0.15) is 0 Å². The summed E-state index contributed by atoms with van der Waals surface area (Å²) < 4.78 is 13.8. The lowest BCUT2D eigenvalue weighted by atomic mass is 10.2. The van der Waals surface area contributed by atoms with E-state index >= 15 is 0 Å². The van der Waals surface area contributed by atoms with Crippen LogP contribution in [0.25, 0.3) is 10.2 Å². The van der Waals surface area contributed by atoms with E-state index < -0.39 is 5.97 Å². The first-order valence-electron chi connectivity index (χ1n) is 5.92.